The first-order valence-electron chi connectivity index (χ1n) is 9.05. The number of rotatable bonds is 4. The van der Waals surface area contributed by atoms with Crippen LogP contribution in [0.15, 0.2) is 39.6 Å². The van der Waals surface area contributed by atoms with E-state index in [-0.39, 0.29) is 41.4 Å². The fourth-order valence-electron chi connectivity index (χ4n) is 3.30. The number of piperazine rings is 1. The number of para-hydroxylation sites is 2. The number of hydrogen-bond acceptors (Lipinski definition) is 9. The lowest BCUT2D eigenvalue weighted by atomic mass is 10.2. The molecule has 1 saturated heterocycles. The fraction of sp³-hybridized carbons (Fsp3) is 0.333. The van der Waals surface area contributed by atoms with Crippen LogP contribution in [0, 0.1) is 17.0 Å². The van der Waals surface area contributed by atoms with Crippen LogP contribution in [0.25, 0.3) is 17.3 Å². The van der Waals surface area contributed by atoms with Crippen molar-refractivity contribution in [3.05, 3.63) is 62.2 Å². The van der Waals surface area contributed by atoms with E-state index < -0.39 is 10.4 Å². The van der Waals surface area contributed by atoms with Crippen molar-refractivity contribution >= 4 is 18.1 Å². The number of halogens is 1. The predicted octanol–water partition coefficient (Wildman–Crippen LogP) is 1.50. The monoisotopic (exact) mass is 433 g/mol. The van der Waals surface area contributed by atoms with Crippen LogP contribution in [0.4, 0.5) is 5.69 Å². The molecule has 0 bridgehead atoms. The van der Waals surface area contributed by atoms with Crippen molar-refractivity contribution in [1.29, 1.82) is 0 Å². The summed E-state index contributed by atoms with van der Waals surface area (Å²) >= 11 is 0. The van der Waals surface area contributed by atoms with E-state index in [1.807, 2.05) is 7.05 Å². The quantitative estimate of drug-likeness (QED) is 0.480. The second-order valence-electron chi connectivity index (χ2n) is 6.81. The minimum absolute atomic E-state index is 0. The molecule has 0 radical (unpaired) electrons. The van der Waals surface area contributed by atoms with Crippen molar-refractivity contribution in [3.63, 3.8) is 0 Å². The van der Waals surface area contributed by atoms with Gasteiger partial charge in [0.1, 0.15) is 5.69 Å². The number of aryl methyl sites for hydroxylation is 1. The molecule has 1 aliphatic rings. The molecular formula is C18H20ClN7O4. The van der Waals surface area contributed by atoms with Crippen LogP contribution in [-0.4, -0.2) is 56.4 Å². The number of nitrogens with zero attached hydrogens (tertiary/aromatic N) is 6. The summed E-state index contributed by atoms with van der Waals surface area (Å²) in [6, 6.07) is 7.44. The van der Waals surface area contributed by atoms with Crippen LogP contribution >= 0.6 is 12.4 Å². The Morgan fingerprint density at radius 2 is 2.10 bits per heavy atom. The molecule has 1 aliphatic heterocycles. The molecule has 0 amide bonds. The van der Waals surface area contributed by atoms with Gasteiger partial charge in [0.15, 0.2) is 11.5 Å². The van der Waals surface area contributed by atoms with Crippen LogP contribution in [0.2, 0.25) is 0 Å². The van der Waals surface area contributed by atoms with Crippen molar-refractivity contribution in [2.45, 2.75) is 13.0 Å². The molecule has 3 aromatic rings. The van der Waals surface area contributed by atoms with Crippen LogP contribution in [0.5, 0.6) is 0 Å². The minimum Gasteiger partial charge on any atom is -0.332 e. The van der Waals surface area contributed by atoms with Gasteiger partial charge in [0.2, 0.25) is 5.43 Å². The Bertz CT molecular complexity index is 1130. The standard InChI is InChI=1S/C18H19N7O4.ClH/c1-11-9-15(26)16(21-24(11)12-5-3-4-6-13(12)25(27)28)18-20-17(22-29-18)14-10-19-7-8-23(14)2;/h3-6,9,14,19H,7-8,10H2,1-2H3;1H. The molecule has 30 heavy (non-hydrogen) atoms. The van der Waals surface area contributed by atoms with Gasteiger partial charge < -0.3 is 9.84 Å². The van der Waals surface area contributed by atoms with Gasteiger partial charge in [-0.2, -0.15) is 10.1 Å². The Hall–Kier alpha value is -3.15. The number of hydrogen-bond donors (Lipinski definition) is 1. The third-order valence-electron chi connectivity index (χ3n) is 4.87. The molecule has 1 fully saturated rings. The summed E-state index contributed by atoms with van der Waals surface area (Å²) in [5, 5.41) is 23.0. The van der Waals surface area contributed by atoms with Crippen molar-refractivity contribution in [3.8, 4) is 17.3 Å². The van der Waals surface area contributed by atoms with Gasteiger partial charge in [0.05, 0.1) is 11.0 Å². The maximum absolute atomic E-state index is 12.5. The second-order valence-corrected chi connectivity index (χ2v) is 6.81. The van der Waals surface area contributed by atoms with Gasteiger partial charge >= 0.3 is 0 Å². The highest BCUT2D eigenvalue weighted by Gasteiger charge is 2.27. The summed E-state index contributed by atoms with van der Waals surface area (Å²) < 4.78 is 6.66. The van der Waals surface area contributed by atoms with E-state index in [4.69, 9.17) is 4.52 Å². The number of nitrogens with one attached hydrogen (secondary N) is 1. The normalized spacial score (nSPS) is 16.8. The number of aromatic nitrogens is 4. The van der Waals surface area contributed by atoms with Crippen molar-refractivity contribution in [1.82, 2.24) is 30.1 Å². The van der Waals surface area contributed by atoms with Crippen LogP contribution in [0.3, 0.4) is 0 Å². The second kappa shape index (κ2) is 8.69. The molecule has 3 heterocycles. The molecule has 1 N–H and O–H groups in total. The molecule has 2 aromatic heterocycles. The van der Waals surface area contributed by atoms with Gasteiger partial charge in [-0.3, -0.25) is 19.8 Å². The lowest BCUT2D eigenvalue weighted by Gasteiger charge is -2.30. The maximum Gasteiger partial charge on any atom is 0.294 e. The average Bonchev–Trinajstić information content (AvgIpc) is 3.18. The highest BCUT2D eigenvalue weighted by molar-refractivity contribution is 5.85. The molecular weight excluding hydrogens is 414 g/mol. The van der Waals surface area contributed by atoms with E-state index in [0.29, 0.717) is 18.1 Å². The molecule has 1 unspecified atom stereocenters. The topological polar surface area (TPSA) is 132 Å². The van der Waals surface area contributed by atoms with Gasteiger partial charge in [-0.1, -0.05) is 17.3 Å². The minimum atomic E-state index is -0.495. The summed E-state index contributed by atoms with van der Waals surface area (Å²) in [6.45, 7) is 4.02. The first kappa shape index (κ1) is 21.6. The van der Waals surface area contributed by atoms with E-state index in [1.54, 1.807) is 25.1 Å². The Morgan fingerprint density at radius 1 is 1.33 bits per heavy atom. The molecule has 1 aromatic carbocycles. The smallest absolute Gasteiger partial charge is 0.294 e. The summed E-state index contributed by atoms with van der Waals surface area (Å²) in [5.41, 5.74) is 0.108. The number of nitro benzene ring substituents is 1. The van der Waals surface area contributed by atoms with Crippen LogP contribution in [0.1, 0.15) is 17.6 Å². The summed E-state index contributed by atoms with van der Waals surface area (Å²) in [7, 11) is 1.97. The molecule has 158 valence electrons. The molecule has 0 spiro atoms. The first-order valence-corrected chi connectivity index (χ1v) is 9.05. The van der Waals surface area contributed by atoms with E-state index in [0.717, 1.165) is 13.1 Å². The predicted molar refractivity (Wildman–Crippen MR) is 110 cm³/mol. The zero-order chi connectivity index (χ0) is 20.5. The lowest BCUT2D eigenvalue weighted by Crippen LogP contribution is -2.44. The maximum atomic E-state index is 12.5. The largest absolute Gasteiger partial charge is 0.332 e. The van der Waals surface area contributed by atoms with Gasteiger partial charge in [-0.05, 0) is 20.0 Å². The Kier molecular flexibility index (Phi) is 6.25. The zero-order valence-corrected chi connectivity index (χ0v) is 17.1. The van der Waals surface area contributed by atoms with E-state index in [2.05, 4.69) is 25.5 Å². The highest BCUT2D eigenvalue weighted by Crippen LogP contribution is 2.24. The molecule has 0 saturated carbocycles. The Balaban J connectivity index is 0.00000256. The van der Waals surface area contributed by atoms with Gasteiger partial charge in [0.25, 0.3) is 11.6 Å². The summed E-state index contributed by atoms with van der Waals surface area (Å²) in [6.07, 6.45) is 0. The average molecular weight is 434 g/mol. The van der Waals surface area contributed by atoms with Crippen LogP contribution in [-0.2, 0) is 0 Å². The third kappa shape index (κ3) is 3.95. The first-order chi connectivity index (χ1) is 14.0. The number of benzene rings is 1. The van der Waals surface area contributed by atoms with Crippen molar-refractivity contribution in [2.75, 3.05) is 26.7 Å². The summed E-state index contributed by atoms with van der Waals surface area (Å²) in [5.74, 6) is 0.435. The van der Waals surface area contributed by atoms with Crippen molar-refractivity contribution in [2.24, 2.45) is 0 Å². The van der Waals surface area contributed by atoms with E-state index in [9.17, 15) is 14.9 Å². The van der Waals surface area contributed by atoms with Gasteiger partial charge in [-0.25, -0.2) is 4.68 Å². The van der Waals surface area contributed by atoms with Crippen molar-refractivity contribution < 1.29 is 9.45 Å². The highest BCUT2D eigenvalue weighted by atomic mass is 35.5. The molecule has 0 aliphatic carbocycles. The Labute approximate surface area is 177 Å². The lowest BCUT2D eigenvalue weighted by molar-refractivity contribution is -0.384. The summed E-state index contributed by atoms with van der Waals surface area (Å²) in [4.78, 5) is 29.9. The zero-order valence-electron chi connectivity index (χ0n) is 16.3. The Morgan fingerprint density at radius 3 is 2.83 bits per heavy atom. The molecule has 4 rings (SSSR count). The van der Waals surface area contributed by atoms with E-state index >= 15 is 0 Å². The van der Waals surface area contributed by atoms with Gasteiger partial charge in [0, 0.05) is 37.5 Å². The molecule has 12 heteroatoms. The molecule has 11 nitrogen and oxygen atoms in total. The number of likely N-dealkylation sites (N-methyl/N-ethyl adjacent to an activating group) is 1. The third-order valence-corrected chi connectivity index (χ3v) is 4.87. The van der Waals surface area contributed by atoms with Gasteiger partial charge in [-0.15, -0.1) is 12.4 Å². The number of nitro groups is 1. The molecule has 1 atom stereocenters. The van der Waals surface area contributed by atoms with E-state index in [1.165, 1.54) is 16.8 Å². The fourth-order valence-corrected chi connectivity index (χ4v) is 3.30. The van der Waals surface area contributed by atoms with Crippen LogP contribution < -0.4 is 10.7 Å². The SMILES string of the molecule is Cc1cc(=O)c(-c2nc(C3CNCCN3C)no2)nn1-c1ccccc1[N+](=O)[O-].Cl.